The number of carbonyl (C=O) groups excluding carboxylic acids is 1. The lowest BCUT2D eigenvalue weighted by molar-refractivity contribution is 0.0932. The van der Waals surface area contributed by atoms with E-state index in [-0.39, 0.29) is 5.91 Å². The van der Waals surface area contributed by atoms with Gasteiger partial charge in [0.1, 0.15) is 5.69 Å². The molecule has 1 heterocycles. The van der Waals surface area contributed by atoms with Gasteiger partial charge in [-0.3, -0.25) is 4.79 Å². The van der Waals surface area contributed by atoms with E-state index in [0.717, 1.165) is 11.4 Å². The third-order valence-corrected chi connectivity index (χ3v) is 3.10. The molecule has 0 fully saturated rings. The van der Waals surface area contributed by atoms with Crippen LogP contribution in [0.4, 0.5) is 11.4 Å². The number of anilines is 2. The molecule has 2 rings (SSSR count). The maximum Gasteiger partial charge on any atom is 0.269 e. The van der Waals surface area contributed by atoms with E-state index in [1.807, 2.05) is 6.07 Å². The Morgan fingerprint density at radius 1 is 1.14 bits per heavy atom. The van der Waals surface area contributed by atoms with Crippen LogP contribution in [0.5, 0.6) is 0 Å². The van der Waals surface area contributed by atoms with Gasteiger partial charge in [-0.25, -0.2) is 4.98 Å². The molecule has 0 spiro atoms. The molecule has 0 aliphatic rings. The summed E-state index contributed by atoms with van der Waals surface area (Å²) in [7, 11) is 1.60. The average molecular weight is 299 g/mol. The molecule has 2 N–H and O–H groups in total. The van der Waals surface area contributed by atoms with Gasteiger partial charge in [0.15, 0.2) is 0 Å². The fraction of sp³-hybridized carbons (Fsp3) is 0.294. The summed E-state index contributed by atoms with van der Waals surface area (Å²) in [6.45, 7) is 5.07. The fourth-order valence-corrected chi connectivity index (χ4v) is 2.17. The molecule has 0 bridgehead atoms. The van der Waals surface area contributed by atoms with Crippen molar-refractivity contribution in [2.75, 3.05) is 25.6 Å². The van der Waals surface area contributed by atoms with Crippen LogP contribution in [-0.2, 0) is 4.74 Å². The van der Waals surface area contributed by atoms with Gasteiger partial charge in [0.25, 0.3) is 5.91 Å². The summed E-state index contributed by atoms with van der Waals surface area (Å²) in [4.78, 5) is 16.0. The molecule has 0 radical (unpaired) electrons. The van der Waals surface area contributed by atoms with Crippen molar-refractivity contribution in [3.05, 3.63) is 53.3 Å². The van der Waals surface area contributed by atoms with Gasteiger partial charge < -0.3 is 15.4 Å². The number of rotatable bonds is 6. The van der Waals surface area contributed by atoms with Crippen molar-refractivity contribution in [2.24, 2.45) is 0 Å². The first kappa shape index (κ1) is 16.0. The number of methoxy groups -OCH3 is 1. The lowest BCUT2D eigenvalue weighted by Gasteiger charge is -2.09. The highest BCUT2D eigenvalue weighted by molar-refractivity contribution is 5.92. The van der Waals surface area contributed by atoms with Gasteiger partial charge in [0.2, 0.25) is 0 Å². The Hall–Kier alpha value is -2.40. The topological polar surface area (TPSA) is 63.2 Å². The Labute approximate surface area is 130 Å². The summed E-state index contributed by atoms with van der Waals surface area (Å²) in [6.07, 6.45) is 1.66. The molecule has 0 aliphatic heterocycles. The minimum atomic E-state index is -0.199. The van der Waals surface area contributed by atoms with E-state index in [2.05, 4.69) is 47.7 Å². The summed E-state index contributed by atoms with van der Waals surface area (Å²) in [6, 6.07) is 9.80. The zero-order valence-corrected chi connectivity index (χ0v) is 13.1. The molecular formula is C17H21N3O2. The lowest BCUT2D eigenvalue weighted by Crippen LogP contribution is -2.27. The SMILES string of the molecule is COCCNC(=O)c1ccc(Nc2cc(C)cc(C)c2)cn1. The van der Waals surface area contributed by atoms with E-state index in [1.165, 1.54) is 11.1 Å². The number of nitrogens with one attached hydrogen (secondary N) is 2. The predicted molar refractivity (Wildman–Crippen MR) is 87.6 cm³/mol. The molecular weight excluding hydrogens is 278 g/mol. The van der Waals surface area contributed by atoms with E-state index in [9.17, 15) is 4.79 Å². The number of carbonyl (C=O) groups is 1. The number of aromatic nitrogens is 1. The Morgan fingerprint density at radius 3 is 2.45 bits per heavy atom. The molecule has 1 aromatic carbocycles. The molecule has 2 aromatic rings. The summed E-state index contributed by atoms with van der Waals surface area (Å²) < 4.78 is 4.89. The highest BCUT2D eigenvalue weighted by Crippen LogP contribution is 2.19. The largest absolute Gasteiger partial charge is 0.383 e. The van der Waals surface area contributed by atoms with Crippen LogP contribution in [0, 0.1) is 13.8 Å². The Kier molecular flexibility index (Phi) is 5.49. The number of hydrogen-bond donors (Lipinski definition) is 2. The molecule has 1 amide bonds. The van der Waals surface area contributed by atoms with E-state index < -0.39 is 0 Å². The van der Waals surface area contributed by atoms with Crippen molar-refractivity contribution in [1.82, 2.24) is 10.3 Å². The van der Waals surface area contributed by atoms with Gasteiger partial charge in [-0.2, -0.15) is 0 Å². The fourth-order valence-electron chi connectivity index (χ4n) is 2.17. The van der Waals surface area contributed by atoms with Gasteiger partial charge in [-0.1, -0.05) is 6.07 Å². The van der Waals surface area contributed by atoms with Gasteiger partial charge in [0, 0.05) is 19.3 Å². The molecule has 0 aliphatic carbocycles. The number of ether oxygens (including phenoxy) is 1. The number of pyridine rings is 1. The van der Waals surface area contributed by atoms with E-state index in [0.29, 0.717) is 18.8 Å². The Morgan fingerprint density at radius 2 is 1.86 bits per heavy atom. The third-order valence-electron chi connectivity index (χ3n) is 3.10. The average Bonchev–Trinajstić information content (AvgIpc) is 2.47. The minimum Gasteiger partial charge on any atom is -0.383 e. The van der Waals surface area contributed by atoms with Crippen molar-refractivity contribution in [2.45, 2.75) is 13.8 Å². The van der Waals surface area contributed by atoms with Crippen LogP contribution in [0.1, 0.15) is 21.6 Å². The van der Waals surface area contributed by atoms with Crippen molar-refractivity contribution in [3.63, 3.8) is 0 Å². The molecule has 0 atom stereocenters. The summed E-state index contributed by atoms with van der Waals surface area (Å²) in [5.74, 6) is -0.199. The number of benzene rings is 1. The Balaban J connectivity index is 2.01. The van der Waals surface area contributed by atoms with E-state index >= 15 is 0 Å². The molecule has 5 heteroatoms. The summed E-state index contributed by atoms with van der Waals surface area (Å²) >= 11 is 0. The van der Waals surface area contributed by atoms with Crippen molar-refractivity contribution in [1.29, 1.82) is 0 Å². The first-order chi connectivity index (χ1) is 10.6. The van der Waals surface area contributed by atoms with Crippen LogP contribution in [-0.4, -0.2) is 31.2 Å². The van der Waals surface area contributed by atoms with Crippen molar-refractivity contribution >= 4 is 17.3 Å². The monoisotopic (exact) mass is 299 g/mol. The minimum absolute atomic E-state index is 0.199. The second-order valence-corrected chi connectivity index (χ2v) is 5.18. The van der Waals surface area contributed by atoms with Crippen LogP contribution < -0.4 is 10.6 Å². The molecule has 0 unspecified atom stereocenters. The quantitative estimate of drug-likeness (QED) is 0.805. The van der Waals surface area contributed by atoms with E-state index in [1.54, 1.807) is 19.4 Å². The van der Waals surface area contributed by atoms with Crippen LogP contribution in [0.3, 0.4) is 0 Å². The smallest absolute Gasteiger partial charge is 0.269 e. The zero-order chi connectivity index (χ0) is 15.9. The molecule has 0 saturated heterocycles. The van der Waals surface area contributed by atoms with Gasteiger partial charge in [-0.05, 0) is 49.2 Å². The van der Waals surface area contributed by atoms with Crippen LogP contribution in [0.25, 0.3) is 0 Å². The molecule has 116 valence electrons. The first-order valence-electron chi connectivity index (χ1n) is 7.17. The van der Waals surface area contributed by atoms with Gasteiger partial charge in [-0.15, -0.1) is 0 Å². The highest BCUT2D eigenvalue weighted by Gasteiger charge is 2.06. The number of aryl methyl sites for hydroxylation is 2. The van der Waals surface area contributed by atoms with Crippen molar-refractivity contribution < 1.29 is 9.53 Å². The van der Waals surface area contributed by atoms with Crippen LogP contribution in [0.2, 0.25) is 0 Å². The molecule has 0 saturated carbocycles. The predicted octanol–water partition coefficient (Wildman–Crippen LogP) is 2.82. The maximum atomic E-state index is 11.8. The highest BCUT2D eigenvalue weighted by atomic mass is 16.5. The van der Waals surface area contributed by atoms with Crippen LogP contribution >= 0.6 is 0 Å². The number of hydrogen-bond acceptors (Lipinski definition) is 4. The van der Waals surface area contributed by atoms with E-state index in [4.69, 9.17) is 4.74 Å². The lowest BCUT2D eigenvalue weighted by atomic mass is 10.1. The maximum absolute atomic E-state index is 11.8. The second kappa shape index (κ2) is 7.56. The molecule has 5 nitrogen and oxygen atoms in total. The molecule has 22 heavy (non-hydrogen) atoms. The van der Waals surface area contributed by atoms with Crippen molar-refractivity contribution in [3.8, 4) is 0 Å². The van der Waals surface area contributed by atoms with Gasteiger partial charge >= 0.3 is 0 Å². The Bertz CT molecular complexity index is 619. The van der Waals surface area contributed by atoms with Gasteiger partial charge in [0.05, 0.1) is 18.5 Å². The second-order valence-electron chi connectivity index (χ2n) is 5.18. The summed E-state index contributed by atoms with van der Waals surface area (Å²) in [5.41, 5.74) is 4.64. The normalized spacial score (nSPS) is 10.3. The number of amides is 1. The third kappa shape index (κ3) is 4.56. The van der Waals surface area contributed by atoms with Crippen LogP contribution in [0.15, 0.2) is 36.5 Å². The standard InChI is InChI=1S/C17H21N3O2/c1-12-8-13(2)10-15(9-12)20-14-4-5-16(19-11-14)17(21)18-6-7-22-3/h4-5,8-11,20H,6-7H2,1-3H3,(H,18,21). The first-order valence-corrected chi connectivity index (χ1v) is 7.17. The molecule has 1 aromatic heterocycles. The summed E-state index contributed by atoms with van der Waals surface area (Å²) in [5, 5.41) is 6.03. The number of nitrogens with zero attached hydrogens (tertiary/aromatic N) is 1. The zero-order valence-electron chi connectivity index (χ0n) is 13.1.